The topological polar surface area (TPSA) is 54.9 Å². The number of benzene rings is 1. The molecule has 1 N–H and O–H groups in total. The molecule has 0 saturated heterocycles. The summed E-state index contributed by atoms with van der Waals surface area (Å²) >= 11 is 1.39. The van der Waals surface area contributed by atoms with Crippen molar-refractivity contribution in [1.29, 1.82) is 0 Å². The van der Waals surface area contributed by atoms with E-state index in [-0.39, 0.29) is 5.91 Å². The van der Waals surface area contributed by atoms with Crippen molar-refractivity contribution < 1.29 is 4.79 Å². The maximum absolute atomic E-state index is 12.5. The minimum absolute atomic E-state index is 0.125. The summed E-state index contributed by atoms with van der Waals surface area (Å²) in [5, 5.41) is 3.77. The average molecular weight is 323 g/mol. The lowest BCUT2D eigenvalue weighted by Crippen LogP contribution is -2.11. The van der Waals surface area contributed by atoms with Gasteiger partial charge in [0.25, 0.3) is 5.91 Å². The van der Waals surface area contributed by atoms with Crippen molar-refractivity contribution >= 4 is 22.9 Å². The highest BCUT2D eigenvalue weighted by molar-refractivity contribution is 7.17. The summed E-state index contributed by atoms with van der Waals surface area (Å²) in [5.41, 5.74) is 4.71. The minimum atomic E-state index is -0.125. The van der Waals surface area contributed by atoms with Gasteiger partial charge in [0.05, 0.1) is 5.69 Å². The largest absolute Gasteiger partial charge is 0.321 e. The molecule has 1 aromatic carbocycles. The van der Waals surface area contributed by atoms with E-state index in [4.69, 9.17) is 0 Å². The number of amides is 1. The van der Waals surface area contributed by atoms with Gasteiger partial charge in [-0.15, -0.1) is 11.3 Å². The van der Waals surface area contributed by atoms with Crippen LogP contribution in [0.15, 0.2) is 42.7 Å². The summed E-state index contributed by atoms with van der Waals surface area (Å²) in [6, 6.07) is 9.80. The number of hydrogen-bond donors (Lipinski definition) is 1. The minimum Gasteiger partial charge on any atom is -0.321 e. The number of carbonyl (C=O) groups excluding carboxylic acids is 1. The van der Waals surface area contributed by atoms with Gasteiger partial charge in [-0.25, -0.2) is 4.98 Å². The van der Waals surface area contributed by atoms with E-state index in [0.717, 1.165) is 33.1 Å². The number of hydrogen-bond acceptors (Lipinski definition) is 4. The summed E-state index contributed by atoms with van der Waals surface area (Å²) in [6.07, 6.45) is 3.47. The Balaban J connectivity index is 1.87. The maximum atomic E-state index is 12.5. The number of pyridine rings is 1. The highest BCUT2D eigenvalue weighted by atomic mass is 32.1. The van der Waals surface area contributed by atoms with Crippen LogP contribution in [0.5, 0.6) is 0 Å². The lowest BCUT2D eigenvalue weighted by Gasteiger charge is -2.06. The van der Waals surface area contributed by atoms with Gasteiger partial charge >= 0.3 is 0 Å². The molecule has 3 rings (SSSR count). The Labute approximate surface area is 139 Å². The van der Waals surface area contributed by atoms with Crippen LogP contribution in [-0.2, 0) is 0 Å². The number of nitrogens with zero attached hydrogens (tertiary/aromatic N) is 2. The van der Waals surface area contributed by atoms with Crippen molar-refractivity contribution in [3.05, 3.63) is 64.4 Å². The third-order valence-electron chi connectivity index (χ3n) is 3.39. The quantitative estimate of drug-likeness (QED) is 0.778. The van der Waals surface area contributed by atoms with E-state index in [0.29, 0.717) is 4.88 Å². The van der Waals surface area contributed by atoms with Crippen LogP contribution in [0.4, 0.5) is 5.69 Å². The van der Waals surface area contributed by atoms with Crippen molar-refractivity contribution in [3.63, 3.8) is 0 Å². The second kappa shape index (κ2) is 6.30. The molecule has 0 fully saturated rings. The fourth-order valence-corrected chi connectivity index (χ4v) is 3.41. The molecule has 0 aliphatic rings. The molecule has 0 atom stereocenters. The van der Waals surface area contributed by atoms with Crippen LogP contribution in [-0.4, -0.2) is 15.9 Å². The smallest absolute Gasteiger partial charge is 0.267 e. The summed E-state index contributed by atoms with van der Waals surface area (Å²) in [4.78, 5) is 21.8. The zero-order valence-electron chi connectivity index (χ0n) is 13.3. The number of rotatable bonds is 3. The van der Waals surface area contributed by atoms with Gasteiger partial charge in [-0.05, 0) is 56.2 Å². The number of nitrogens with one attached hydrogen (secondary N) is 1. The molecule has 0 aliphatic carbocycles. The van der Waals surface area contributed by atoms with Crippen LogP contribution in [0, 0.1) is 20.8 Å². The van der Waals surface area contributed by atoms with Crippen molar-refractivity contribution in [2.24, 2.45) is 0 Å². The normalized spacial score (nSPS) is 10.6. The zero-order valence-corrected chi connectivity index (χ0v) is 14.1. The van der Waals surface area contributed by atoms with Crippen LogP contribution in [0.1, 0.15) is 26.5 Å². The summed E-state index contributed by atoms with van der Waals surface area (Å²) in [7, 11) is 0. The molecular weight excluding hydrogens is 306 g/mol. The molecule has 0 radical (unpaired) electrons. The fraction of sp³-hybridized carbons (Fsp3) is 0.167. The first-order valence-electron chi connectivity index (χ1n) is 7.30. The molecule has 5 heteroatoms. The third kappa shape index (κ3) is 3.46. The molecule has 0 bridgehead atoms. The Morgan fingerprint density at radius 1 is 1.13 bits per heavy atom. The van der Waals surface area contributed by atoms with Gasteiger partial charge in [0.1, 0.15) is 9.88 Å². The molecule has 0 spiro atoms. The Morgan fingerprint density at radius 3 is 2.52 bits per heavy atom. The number of aryl methyl sites for hydroxylation is 3. The van der Waals surface area contributed by atoms with E-state index in [1.807, 2.05) is 45.0 Å². The summed E-state index contributed by atoms with van der Waals surface area (Å²) < 4.78 is 0. The van der Waals surface area contributed by atoms with Crippen molar-refractivity contribution in [2.75, 3.05) is 5.32 Å². The van der Waals surface area contributed by atoms with Gasteiger partial charge in [-0.3, -0.25) is 9.78 Å². The first kappa shape index (κ1) is 15.4. The Morgan fingerprint density at radius 2 is 1.87 bits per heavy atom. The Kier molecular flexibility index (Phi) is 4.21. The standard InChI is InChI=1S/C18H17N3OS/c1-11-7-12(2)9-15(8-11)21-17(22)16-13(3)20-18(23-16)14-5-4-6-19-10-14/h4-10H,1-3H3,(H,21,22). The molecular formula is C18H17N3OS. The second-order valence-electron chi connectivity index (χ2n) is 5.51. The number of anilines is 1. The molecule has 116 valence electrons. The van der Waals surface area contributed by atoms with Gasteiger partial charge in [-0.2, -0.15) is 0 Å². The van der Waals surface area contributed by atoms with E-state index >= 15 is 0 Å². The maximum Gasteiger partial charge on any atom is 0.267 e. The second-order valence-corrected chi connectivity index (χ2v) is 6.50. The number of thiazole rings is 1. The van der Waals surface area contributed by atoms with Crippen molar-refractivity contribution in [2.45, 2.75) is 20.8 Å². The molecule has 1 amide bonds. The first-order valence-corrected chi connectivity index (χ1v) is 8.12. The van der Waals surface area contributed by atoms with E-state index in [2.05, 4.69) is 21.4 Å². The lowest BCUT2D eigenvalue weighted by molar-refractivity contribution is 0.103. The lowest BCUT2D eigenvalue weighted by atomic mass is 10.1. The number of carbonyl (C=O) groups is 1. The molecule has 3 aromatic rings. The summed E-state index contributed by atoms with van der Waals surface area (Å²) in [5.74, 6) is -0.125. The predicted octanol–water partition coefficient (Wildman–Crippen LogP) is 4.38. The SMILES string of the molecule is Cc1cc(C)cc(NC(=O)c2sc(-c3cccnc3)nc2C)c1. The van der Waals surface area contributed by atoms with Crippen LogP contribution < -0.4 is 5.32 Å². The monoisotopic (exact) mass is 323 g/mol. The van der Waals surface area contributed by atoms with Gasteiger partial charge < -0.3 is 5.32 Å². The molecule has 4 nitrogen and oxygen atoms in total. The highest BCUT2D eigenvalue weighted by Gasteiger charge is 2.16. The Hall–Kier alpha value is -2.53. The Bertz CT molecular complexity index is 836. The van der Waals surface area contributed by atoms with E-state index in [1.165, 1.54) is 11.3 Å². The fourth-order valence-electron chi connectivity index (χ4n) is 2.45. The average Bonchev–Trinajstić information content (AvgIpc) is 2.89. The van der Waals surface area contributed by atoms with Crippen molar-refractivity contribution in [1.82, 2.24) is 9.97 Å². The van der Waals surface area contributed by atoms with Crippen LogP contribution in [0.2, 0.25) is 0 Å². The van der Waals surface area contributed by atoms with Crippen LogP contribution in [0.3, 0.4) is 0 Å². The first-order chi connectivity index (χ1) is 11.0. The van der Waals surface area contributed by atoms with Gasteiger partial charge in [0, 0.05) is 23.6 Å². The van der Waals surface area contributed by atoms with Gasteiger partial charge in [0.15, 0.2) is 0 Å². The highest BCUT2D eigenvalue weighted by Crippen LogP contribution is 2.28. The van der Waals surface area contributed by atoms with Gasteiger partial charge in [0.2, 0.25) is 0 Å². The van der Waals surface area contributed by atoms with Gasteiger partial charge in [-0.1, -0.05) is 6.07 Å². The molecule has 0 unspecified atom stereocenters. The van der Waals surface area contributed by atoms with E-state index in [9.17, 15) is 4.79 Å². The molecule has 0 saturated carbocycles. The van der Waals surface area contributed by atoms with Crippen molar-refractivity contribution in [3.8, 4) is 10.6 Å². The molecule has 23 heavy (non-hydrogen) atoms. The van der Waals surface area contributed by atoms with E-state index < -0.39 is 0 Å². The number of aromatic nitrogens is 2. The summed E-state index contributed by atoms with van der Waals surface area (Å²) in [6.45, 7) is 5.88. The predicted molar refractivity (Wildman–Crippen MR) is 94.0 cm³/mol. The zero-order chi connectivity index (χ0) is 16.4. The third-order valence-corrected chi connectivity index (χ3v) is 4.60. The van der Waals surface area contributed by atoms with Crippen LogP contribution in [0.25, 0.3) is 10.6 Å². The molecule has 2 aromatic heterocycles. The molecule has 2 heterocycles. The molecule has 0 aliphatic heterocycles. The van der Waals surface area contributed by atoms with Crippen LogP contribution >= 0.6 is 11.3 Å². The van der Waals surface area contributed by atoms with E-state index in [1.54, 1.807) is 12.4 Å².